The molecule has 6 heteroatoms. The van der Waals surface area contributed by atoms with Crippen molar-refractivity contribution >= 4 is 27.5 Å². The first kappa shape index (κ1) is 19.2. The van der Waals surface area contributed by atoms with Gasteiger partial charge >= 0.3 is 0 Å². The number of hydrogen-bond donors (Lipinski definition) is 1. The third-order valence-electron chi connectivity index (χ3n) is 5.60. The highest BCUT2D eigenvalue weighted by atomic mass is 32.1. The molecular formula is C22H28N4OS. The van der Waals surface area contributed by atoms with Crippen LogP contribution in [0.2, 0.25) is 0 Å². The van der Waals surface area contributed by atoms with Gasteiger partial charge in [0.05, 0.1) is 17.1 Å². The maximum atomic E-state index is 12.8. The second kappa shape index (κ2) is 8.05. The Bertz CT molecular complexity index is 952. The van der Waals surface area contributed by atoms with Crippen molar-refractivity contribution in [3.63, 3.8) is 0 Å². The zero-order valence-corrected chi connectivity index (χ0v) is 17.6. The summed E-state index contributed by atoms with van der Waals surface area (Å²) in [7, 11) is 0. The smallest absolute Gasteiger partial charge is 0.261 e. The lowest BCUT2D eigenvalue weighted by Crippen LogP contribution is -2.46. The number of carbonyl (C=O) groups excluding carboxylic acids is 1. The molecular weight excluding hydrogens is 368 g/mol. The summed E-state index contributed by atoms with van der Waals surface area (Å²) in [6, 6.07) is 13.2. The van der Waals surface area contributed by atoms with Crippen LogP contribution in [0, 0.1) is 6.92 Å². The van der Waals surface area contributed by atoms with Crippen LogP contribution in [0.15, 0.2) is 36.4 Å². The van der Waals surface area contributed by atoms with E-state index in [1.54, 1.807) is 11.3 Å². The van der Waals surface area contributed by atoms with E-state index in [2.05, 4.69) is 41.3 Å². The van der Waals surface area contributed by atoms with Gasteiger partial charge in [0.1, 0.15) is 4.83 Å². The Morgan fingerprint density at radius 1 is 1.25 bits per heavy atom. The van der Waals surface area contributed by atoms with Crippen molar-refractivity contribution in [3.8, 4) is 0 Å². The Kier molecular flexibility index (Phi) is 5.51. The molecule has 2 aromatic heterocycles. The normalized spacial score (nSPS) is 16.1. The van der Waals surface area contributed by atoms with E-state index in [9.17, 15) is 4.79 Å². The number of aryl methyl sites for hydroxylation is 1. The first-order chi connectivity index (χ1) is 13.5. The number of piperidine rings is 1. The zero-order chi connectivity index (χ0) is 19.7. The molecule has 0 saturated carbocycles. The van der Waals surface area contributed by atoms with Crippen molar-refractivity contribution in [1.82, 2.24) is 20.0 Å². The molecule has 1 saturated heterocycles. The number of fused-ring (bicyclic) bond motifs is 1. The molecule has 148 valence electrons. The van der Waals surface area contributed by atoms with Gasteiger partial charge in [-0.05, 0) is 45.2 Å². The second-order valence-corrected chi connectivity index (χ2v) is 8.97. The molecule has 0 unspecified atom stereocenters. The molecule has 0 radical (unpaired) electrons. The first-order valence-electron chi connectivity index (χ1n) is 10.1. The highest BCUT2D eigenvalue weighted by molar-refractivity contribution is 7.20. The molecule has 0 bridgehead atoms. The molecule has 1 N–H and O–H groups in total. The summed E-state index contributed by atoms with van der Waals surface area (Å²) in [5.74, 6) is 0.0508. The van der Waals surface area contributed by atoms with Crippen molar-refractivity contribution in [3.05, 3.63) is 52.5 Å². The standard InChI is InChI=1S/C22H28N4OS/c1-15(2)25-11-9-18(10-12-25)23-21(27)20-13-19-16(3)24-26(22(19)28-20)14-17-7-5-4-6-8-17/h4-8,13,15,18H,9-12,14H2,1-3H3,(H,23,27). The van der Waals surface area contributed by atoms with Crippen LogP contribution in [0.1, 0.15) is 47.6 Å². The van der Waals surface area contributed by atoms with E-state index in [1.165, 1.54) is 5.56 Å². The van der Waals surface area contributed by atoms with E-state index in [1.807, 2.05) is 35.9 Å². The summed E-state index contributed by atoms with van der Waals surface area (Å²) < 4.78 is 2.02. The van der Waals surface area contributed by atoms with E-state index >= 15 is 0 Å². The molecule has 0 atom stereocenters. The molecule has 1 aliphatic heterocycles. The number of likely N-dealkylation sites (tertiary alicyclic amines) is 1. The Morgan fingerprint density at radius 2 is 1.96 bits per heavy atom. The summed E-state index contributed by atoms with van der Waals surface area (Å²) in [4.78, 5) is 17.2. The number of hydrogen-bond acceptors (Lipinski definition) is 4. The van der Waals surface area contributed by atoms with Crippen molar-refractivity contribution in [1.29, 1.82) is 0 Å². The van der Waals surface area contributed by atoms with Gasteiger partial charge in [-0.2, -0.15) is 5.10 Å². The molecule has 1 amide bonds. The summed E-state index contributed by atoms with van der Waals surface area (Å²) in [6.07, 6.45) is 2.05. The summed E-state index contributed by atoms with van der Waals surface area (Å²) in [6.45, 7) is 9.31. The first-order valence-corrected chi connectivity index (χ1v) is 10.9. The van der Waals surface area contributed by atoms with E-state index in [-0.39, 0.29) is 11.9 Å². The average Bonchev–Trinajstić information content (AvgIpc) is 3.25. The minimum Gasteiger partial charge on any atom is -0.349 e. The highest BCUT2D eigenvalue weighted by Crippen LogP contribution is 2.29. The molecule has 1 aromatic carbocycles. The van der Waals surface area contributed by atoms with Crippen molar-refractivity contribution < 1.29 is 4.79 Å². The fraction of sp³-hybridized carbons (Fsp3) is 0.455. The SMILES string of the molecule is Cc1nn(Cc2ccccc2)c2sc(C(=O)NC3CCN(C(C)C)CC3)cc12. The lowest BCUT2D eigenvalue weighted by molar-refractivity contribution is 0.0905. The fourth-order valence-corrected chi connectivity index (χ4v) is 4.97. The molecule has 5 nitrogen and oxygen atoms in total. The summed E-state index contributed by atoms with van der Waals surface area (Å²) >= 11 is 1.54. The molecule has 4 rings (SSSR count). The van der Waals surface area contributed by atoms with E-state index < -0.39 is 0 Å². The minimum absolute atomic E-state index is 0.0508. The third kappa shape index (κ3) is 3.98. The largest absolute Gasteiger partial charge is 0.349 e. The molecule has 3 aromatic rings. The van der Waals surface area contributed by atoms with Crippen LogP contribution < -0.4 is 5.32 Å². The quantitative estimate of drug-likeness (QED) is 0.708. The van der Waals surface area contributed by atoms with Crippen molar-refractivity contribution in [2.24, 2.45) is 0 Å². The predicted octanol–water partition coefficient (Wildman–Crippen LogP) is 4.06. The van der Waals surface area contributed by atoms with Gasteiger partial charge in [0.25, 0.3) is 5.91 Å². The topological polar surface area (TPSA) is 50.2 Å². The van der Waals surface area contributed by atoms with Crippen LogP contribution >= 0.6 is 11.3 Å². The van der Waals surface area contributed by atoms with Gasteiger partial charge in [-0.3, -0.25) is 9.48 Å². The third-order valence-corrected chi connectivity index (χ3v) is 6.75. The van der Waals surface area contributed by atoms with Gasteiger partial charge in [-0.1, -0.05) is 30.3 Å². The molecule has 0 spiro atoms. The lowest BCUT2D eigenvalue weighted by Gasteiger charge is -2.34. The van der Waals surface area contributed by atoms with Gasteiger partial charge in [0.15, 0.2) is 0 Å². The van der Waals surface area contributed by atoms with Crippen molar-refractivity contribution in [2.75, 3.05) is 13.1 Å². The van der Waals surface area contributed by atoms with E-state index in [4.69, 9.17) is 0 Å². The summed E-state index contributed by atoms with van der Waals surface area (Å²) in [5.41, 5.74) is 2.19. The average molecular weight is 397 g/mol. The van der Waals surface area contributed by atoms with Gasteiger partial charge in [-0.25, -0.2) is 0 Å². The number of thiophene rings is 1. The van der Waals surface area contributed by atoms with Crippen LogP contribution in [0.4, 0.5) is 0 Å². The number of amides is 1. The van der Waals surface area contributed by atoms with Gasteiger partial charge < -0.3 is 10.2 Å². The highest BCUT2D eigenvalue weighted by Gasteiger charge is 2.24. The predicted molar refractivity (Wildman–Crippen MR) is 115 cm³/mol. The number of carbonyl (C=O) groups is 1. The van der Waals surface area contributed by atoms with Crippen LogP contribution in [0.3, 0.4) is 0 Å². The second-order valence-electron chi connectivity index (χ2n) is 7.94. The Morgan fingerprint density at radius 3 is 2.64 bits per heavy atom. The monoisotopic (exact) mass is 396 g/mol. The minimum atomic E-state index is 0.0508. The van der Waals surface area contributed by atoms with Crippen LogP contribution in [-0.4, -0.2) is 45.8 Å². The zero-order valence-electron chi connectivity index (χ0n) is 16.8. The van der Waals surface area contributed by atoms with Crippen LogP contribution in [0.5, 0.6) is 0 Å². The molecule has 1 fully saturated rings. The van der Waals surface area contributed by atoms with Gasteiger partial charge in [-0.15, -0.1) is 11.3 Å². The maximum absolute atomic E-state index is 12.8. The van der Waals surface area contributed by atoms with Gasteiger partial charge in [0, 0.05) is 30.6 Å². The number of rotatable bonds is 5. The number of benzene rings is 1. The van der Waals surface area contributed by atoms with Crippen LogP contribution in [0.25, 0.3) is 10.2 Å². The Hall–Kier alpha value is -2.18. The molecule has 1 aliphatic rings. The Labute approximate surface area is 170 Å². The lowest BCUT2D eigenvalue weighted by atomic mass is 10.0. The molecule has 28 heavy (non-hydrogen) atoms. The maximum Gasteiger partial charge on any atom is 0.261 e. The van der Waals surface area contributed by atoms with E-state index in [0.29, 0.717) is 6.04 Å². The van der Waals surface area contributed by atoms with Gasteiger partial charge in [0.2, 0.25) is 0 Å². The van der Waals surface area contributed by atoms with E-state index in [0.717, 1.165) is 53.3 Å². The molecule has 0 aliphatic carbocycles. The fourth-order valence-electron chi connectivity index (χ4n) is 3.90. The number of aromatic nitrogens is 2. The molecule has 3 heterocycles. The Balaban J connectivity index is 1.47. The number of nitrogens with zero attached hydrogens (tertiary/aromatic N) is 3. The summed E-state index contributed by atoms with van der Waals surface area (Å²) in [5, 5.41) is 9.01. The van der Waals surface area contributed by atoms with Crippen LogP contribution in [-0.2, 0) is 6.54 Å². The van der Waals surface area contributed by atoms with Crippen molar-refractivity contribution in [2.45, 2.75) is 52.2 Å². The number of nitrogens with one attached hydrogen (secondary N) is 1.